The van der Waals surface area contributed by atoms with Crippen LogP contribution in [0.1, 0.15) is 23.7 Å². The Morgan fingerprint density at radius 1 is 1.32 bits per heavy atom. The van der Waals surface area contributed by atoms with Gasteiger partial charge in [-0.1, -0.05) is 18.5 Å². The van der Waals surface area contributed by atoms with E-state index in [1.807, 2.05) is 19.1 Å². The van der Waals surface area contributed by atoms with Crippen LogP contribution < -0.4 is 10.1 Å². The fourth-order valence-electron chi connectivity index (χ4n) is 1.88. The zero-order valence-corrected chi connectivity index (χ0v) is 13.1. The Morgan fingerprint density at radius 2 is 2.05 bits per heavy atom. The third-order valence-corrected chi connectivity index (χ3v) is 3.17. The summed E-state index contributed by atoms with van der Waals surface area (Å²) in [5, 5.41) is 3.65. The molecule has 0 radical (unpaired) electrons. The number of hydrogen-bond donors (Lipinski definition) is 1. The number of halogens is 1. The van der Waals surface area contributed by atoms with Crippen LogP contribution in [0.5, 0.6) is 5.75 Å². The van der Waals surface area contributed by atoms with Gasteiger partial charge >= 0.3 is 5.97 Å². The number of benzene rings is 1. The maximum Gasteiger partial charge on any atom is 0.338 e. The average molecular weight is 321 g/mol. The number of ether oxygens (including phenoxy) is 2. The summed E-state index contributed by atoms with van der Waals surface area (Å²) >= 11 is 6.02. The minimum atomic E-state index is -0.456. The molecule has 6 heteroatoms. The van der Waals surface area contributed by atoms with Crippen molar-refractivity contribution in [2.75, 3.05) is 12.4 Å². The van der Waals surface area contributed by atoms with Gasteiger partial charge in [0.25, 0.3) is 0 Å². The minimum Gasteiger partial charge on any atom is -0.471 e. The van der Waals surface area contributed by atoms with Crippen molar-refractivity contribution < 1.29 is 14.3 Å². The summed E-state index contributed by atoms with van der Waals surface area (Å²) in [6.45, 7) is 1.99. The van der Waals surface area contributed by atoms with E-state index in [1.54, 1.807) is 24.5 Å². The van der Waals surface area contributed by atoms with Crippen molar-refractivity contribution in [2.45, 2.75) is 19.6 Å². The van der Waals surface area contributed by atoms with Gasteiger partial charge in [0.05, 0.1) is 12.7 Å². The van der Waals surface area contributed by atoms with Crippen LogP contribution in [0.4, 0.5) is 5.69 Å². The molecule has 0 spiro atoms. The summed E-state index contributed by atoms with van der Waals surface area (Å²) in [4.78, 5) is 15.6. The highest BCUT2D eigenvalue weighted by atomic mass is 35.5. The summed E-state index contributed by atoms with van der Waals surface area (Å²) in [6.07, 6.45) is 3.86. The molecule has 116 valence electrons. The molecule has 2 rings (SSSR count). The summed E-state index contributed by atoms with van der Waals surface area (Å²) in [5.74, 6) is 0.0452. The van der Waals surface area contributed by atoms with Crippen molar-refractivity contribution >= 4 is 23.3 Å². The van der Waals surface area contributed by atoms with Crippen LogP contribution in [0.2, 0.25) is 5.02 Å². The van der Waals surface area contributed by atoms with Crippen molar-refractivity contribution in [1.29, 1.82) is 0 Å². The molecule has 2 aromatic rings. The summed E-state index contributed by atoms with van der Waals surface area (Å²) < 4.78 is 10.6. The lowest BCUT2D eigenvalue weighted by Crippen LogP contribution is -2.25. The maximum atomic E-state index is 11.6. The van der Waals surface area contributed by atoms with Gasteiger partial charge in [-0.3, -0.25) is 4.98 Å². The summed E-state index contributed by atoms with van der Waals surface area (Å²) in [7, 11) is 1.32. The third kappa shape index (κ3) is 4.36. The second kappa shape index (κ2) is 7.66. The molecule has 0 aliphatic rings. The fourth-order valence-corrected chi connectivity index (χ4v) is 2.10. The molecule has 1 heterocycles. The third-order valence-electron chi connectivity index (χ3n) is 2.95. The first-order chi connectivity index (χ1) is 10.6. The van der Waals surface area contributed by atoms with Gasteiger partial charge < -0.3 is 14.8 Å². The van der Waals surface area contributed by atoms with Crippen molar-refractivity contribution in [2.24, 2.45) is 0 Å². The SMILES string of the molecule is CCC(Nc1ccncc1)Oc1cc(Cl)cc(C(=O)OC)c1. The molecule has 22 heavy (non-hydrogen) atoms. The number of aromatic nitrogens is 1. The van der Waals surface area contributed by atoms with Crippen LogP contribution in [0.15, 0.2) is 42.7 Å². The largest absolute Gasteiger partial charge is 0.471 e. The Bertz CT molecular complexity index is 635. The van der Waals surface area contributed by atoms with Crippen molar-refractivity contribution in [3.8, 4) is 5.75 Å². The minimum absolute atomic E-state index is 0.258. The normalized spacial score (nSPS) is 11.6. The number of carbonyl (C=O) groups excluding carboxylic acids is 1. The molecule has 0 aliphatic carbocycles. The number of carbonyl (C=O) groups is 1. The lowest BCUT2D eigenvalue weighted by Gasteiger charge is -2.20. The number of nitrogens with one attached hydrogen (secondary N) is 1. The second-order valence-electron chi connectivity index (χ2n) is 4.56. The van der Waals surface area contributed by atoms with Gasteiger partial charge in [-0.25, -0.2) is 4.79 Å². The zero-order valence-electron chi connectivity index (χ0n) is 12.4. The number of anilines is 1. The first-order valence-corrected chi connectivity index (χ1v) is 7.22. The molecule has 5 nitrogen and oxygen atoms in total. The first-order valence-electron chi connectivity index (χ1n) is 6.84. The van der Waals surface area contributed by atoms with Gasteiger partial charge in [0.1, 0.15) is 5.75 Å². The quantitative estimate of drug-likeness (QED) is 0.649. The zero-order chi connectivity index (χ0) is 15.9. The number of pyridine rings is 1. The van der Waals surface area contributed by atoms with E-state index in [2.05, 4.69) is 10.3 Å². The molecule has 0 aliphatic heterocycles. The van der Waals surface area contributed by atoms with Crippen LogP contribution in [-0.4, -0.2) is 24.3 Å². The molecule has 1 aromatic carbocycles. The lowest BCUT2D eigenvalue weighted by molar-refractivity contribution is 0.0600. The number of esters is 1. The highest BCUT2D eigenvalue weighted by molar-refractivity contribution is 6.31. The predicted octanol–water partition coefficient (Wildman–Crippen LogP) is 3.75. The Morgan fingerprint density at radius 3 is 2.68 bits per heavy atom. The highest BCUT2D eigenvalue weighted by Crippen LogP contribution is 2.23. The molecule has 0 saturated carbocycles. The first kappa shape index (κ1) is 16.1. The smallest absolute Gasteiger partial charge is 0.338 e. The van der Waals surface area contributed by atoms with Gasteiger partial charge in [-0.05, 0) is 30.3 Å². The molecule has 0 amide bonds. The lowest BCUT2D eigenvalue weighted by atomic mass is 10.2. The van der Waals surface area contributed by atoms with E-state index in [1.165, 1.54) is 13.2 Å². The van der Waals surface area contributed by atoms with Crippen molar-refractivity contribution in [1.82, 2.24) is 4.98 Å². The standard InChI is InChI=1S/C16H17ClN2O3/c1-3-15(19-13-4-6-18-7-5-13)22-14-9-11(16(20)21-2)8-12(17)10-14/h4-10,15H,3H2,1-2H3,(H,18,19). The van der Waals surface area contributed by atoms with E-state index in [0.29, 0.717) is 16.3 Å². The maximum absolute atomic E-state index is 11.6. The summed E-state index contributed by atoms with van der Waals surface area (Å²) in [5.41, 5.74) is 1.25. The number of methoxy groups -OCH3 is 1. The average Bonchev–Trinajstić information content (AvgIpc) is 2.53. The Labute approximate surface area is 134 Å². The predicted molar refractivity (Wildman–Crippen MR) is 85.4 cm³/mol. The second-order valence-corrected chi connectivity index (χ2v) is 5.00. The molecule has 1 aromatic heterocycles. The van der Waals surface area contributed by atoms with E-state index < -0.39 is 5.97 Å². The molecule has 0 bridgehead atoms. The van der Waals surface area contributed by atoms with Gasteiger partial charge in [-0.15, -0.1) is 0 Å². The van der Waals surface area contributed by atoms with E-state index in [0.717, 1.165) is 12.1 Å². The van der Waals surface area contributed by atoms with E-state index in [9.17, 15) is 4.79 Å². The number of nitrogens with zero attached hydrogens (tertiary/aromatic N) is 1. The van der Waals surface area contributed by atoms with E-state index in [-0.39, 0.29) is 6.23 Å². The van der Waals surface area contributed by atoms with Gasteiger partial charge in [0.15, 0.2) is 6.23 Å². The van der Waals surface area contributed by atoms with E-state index in [4.69, 9.17) is 21.1 Å². The van der Waals surface area contributed by atoms with Crippen LogP contribution in [0.3, 0.4) is 0 Å². The van der Waals surface area contributed by atoms with Gasteiger partial charge in [0, 0.05) is 29.5 Å². The van der Waals surface area contributed by atoms with Gasteiger partial charge in [0.2, 0.25) is 0 Å². The topological polar surface area (TPSA) is 60.5 Å². The molecular weight excluding hydrogens is 304 g/mol. The van der Waals surface area contributed by atoms with Gasteiger partial charge in [-0.2, -0.15) is 0 Å². The highest BCUT2D eigenvalue weighted by Gasteiger charge is 2.12. The van der Waals surface area contributed by atoms with Crippen LogP contribution >= 0.6 is 11.6 Å². The molecule has 1 unspecified atom stereocenters. The van der Waals surface area contributed by atoms with Crippen LogP contribution in [-0.2, 0) is 4.74 Å². The number of hydrogen-bond acceptors (Lipinski definition) is 5. The Balaban J connectivity index is 2.13. The monoisotopic (exact) mass is 320 g/mol. The molecule has 0 saturated heterocycles. The van der Waals surface area contributed by atoms with Crippen molar-refractivity contribution in [3.63, 3.8) is 0 Å². The summed E-state index contributed by atoms with van der Waals surface area (Å²) in [6, 6.07) is 8.50. The van der Waals surface area contributed by atoms with E-state index >= 15 is 0 Å². The Hall–Kier alpha value is -2.27. The number of rotatable bonds is 6. The van der Waals surface area contributed by atoms with Crippen LogP contribution in [0.25, 0.3) is 0 Å². The molecule has 1 N–H and O–H groups in total. The molecule has 1 atom stereocenters. The molecular formula is C16H17ClN2O3. The molecule has 0 fully saturated rings. The Kier molecular flexibility index (Phi) is 5.61. The fraction of sp³-hybridized carbons (Fsp3) is 0.250. The van der Waals surface area contributed by atoms with Crippen molar-refractivity contribution in [3.05, 3.63) is 53.3 Å². The van der Waals surface area contributed by atoms with Crippen LogP contribution in [0, 0.1) is 0 Å².